The van der Waals surface area contributed by atoms with Gasteiger partial charge in [-0.15, -0.1) is 5.10 Å². The molecule has 1 aromatic heterocycles. The average molecular weight is 516 g/mol. The van der Waals surface area contributed by atoms with Crippen molar-refractivity contribution in [3.8, 4) is 5.69 Å². The number of aryl methyl sites for hydroxylation is 1. The third kappa shape index (κ3) is 3.37. The second-order valence-electron chi connectivity index (χ2n) is 6.96. The van der Waals surface area contributed by atoms with E-state index in [1.165, 1.54) is 11.8 Å². The van der Waals surface area contributed by atoms with Crippen LogP contribution in [0.25, 0.3) is 11.4 Å². The SMILES string of the molecule is CSC1=NN2C(=c3cc(Br)ccc3=NC2c2c(C)nn(-c3ccccc3)c2Cl)C(=O)N1. The second kappa shape index (κ2) is 7.81. The molecule has 5 rings (SSSR count). The predicted octanol–water partition coefficient (Wildman–Crippen LogP) is 3.10. The molecule has 0 bridgehead atoms. The number of para-hydroxylation sites is 1. The second-order valence-corrected chi connectivity index (χ2v) is 9.03. The molecule has 7 nitrogen and oxygen atoms in total. The molecule has 0 saturated carbocycles. The molecule has 3 aromatic rings. The fraction of sp³-hybridized carbons (Fsp3) is 0.143. The standard InChI is InChI=1S/C21H16BrClN6OS/c1-11-16(18(23)28(26-11)13-6-4-3-5-7-13)19-24-15-9-8-12(22)10-14(15)17-20(30)25-21(31-2)27-29(17)19/h3-10,19H,1-2H3,(H,25,27,30). The first kappa shape index (κ1) is 20.3. The molecule has 1 unspecified atom stereocenters. The van der Waals surface area contributed by atoms with Crippen molar-refractivity contribution in [2.75, 3.05) is 6.26 Å². The van der Waals surface area contributed by atoms with Crippen LogP contribution in [0.15, 0.2) is 63.1 Å². The maximum atomic E-state index is 13.1. The Morgan fingerprint density at radius 1 is 1.19 bits per heavy atom. The molecule has 0 radical (unpaired) electrons. The Hall–Kier alpha value is -2.62. The smallest absolute Gasteiger partial charge is 0.276 e. The van der Waals surface area contributed by atoms with Crippen LogP contribution in [0.3, 0.4) is 0 Å². The number of amides is 1. The Bertz CT molecular complexity index is 1370. The molecule has 2 aromatic carbocycles. The zero-order valence-corrected chi connectivity index (χ0v) is 19.7. The first-order valence-corrected chi connectivity index (χ1v) is 11.8. The summed E-state index contributed by atoms with van der Waals surface area (Å²) >= 11 is 11.7. The van der Waals surface area contributed by atoms with E-state index in [1.807, 2.05) is 61.7 Å². The lowest BCUT2D eigenvalue weighted by atomic mass is 10.1. The summed E-state index contributed by atoms with van der Waals surface area (Å²) in [7, 11) is 0. The lowest BCUT2D eigenvalue weighted by molar-refractivity contribution is -0.116. The van der Waals surface area contributed by atoms with Crippen LogP contribution in [0.5, 0.6) is 0 Å². The highest BCUT2D eigenvalue weighted by Crippen LogP contribution is 2.37. The van der Waals surface area contributed by atoms with Gasteiger partial charge in [-0.3, -0.25) is 15.1 Å². The van der Waals surface area contributed by atoms with E-state index in [0.717, 1.165) is 15.9 Å². The summed E-state index contributed by atoms with van der Waals surface area (Å²) in [6, 6.07) is 15.3. The molecule has 10 heteroatoms. The zero-order valence-electron chi connectivity index (χ0n) is 16.5. The Kier molecular flexibility index (Phi) is 5.11. The maximum absolute atomic E-state index is 13.1. The summed E-state index contributed by atoms with van der Waals surface area (Å²) in [6.07, 6.45) is 1.23. The fourth-order valence-electron chi connectivity index (χ4n) is 3.68. The number of benzene rings is 2. The van der Waals surface area contributed by atoms with Gasteiger partial charge in [0.1, 0.15) is 10.9 Å². The van der Waals surface area contributed by atoms with Crippen LogP contribution < -0.4 is 15.9 Å². The molecule has 1 atom stereocenters. The van der Waals surface area contributed by atoms with Crippen molar-refractivity contribution in [1.29, 1.82) is 0 Å². The minimum Gasteiger partial charge on any atom is -0.298 e. The highest BCUT2D eigenvalue weighted by atomic mass is 79.9. The predicted molar refractivity (Wildman–Crippen MR) is 125 cm³/mol. The molecule has 0 fully saturated rings. The Morgan fingerprint density at radius 2 is 1.97 bits per heavy atom. The number of nitrogens with zero attached hydrogens (tertiary/aromatic N) is 5. The number of hydrazone groups is 1. The summed E-state index contributed by atoms with van der Waals surface area (Å²) < 4.78 is 2.53. The van der Waals surface area contributed by atoms with Crippen molar-refractivity contribution in [1.82, 2.24) is 20.1 Å². The number of rotatable bonds is 2. The van der Waals surface area contributed by atoms with E-state index in [9.17, 15) is 4.79 Å². The Labute approximate surface area is 195 Å². The summed E-state index contributed by atoms with van der Waals surface area (Å²) in [4.78, 5) is 18.0. The molecule has 3 heterocycles. The van der Waals surface area contributed by atoms with E-state index >= 15 is 0 Å². The highest BCUT2D eigenvalue weighted by Gasteiger charge is 2.37. The molecule has 0 spiro atoms. The van der Waals surface area contributed by atoms with Gasteiger partial charge in [0.2, 0.25) is 0 Å². The van der Waals surface area contributed by atoms with Crippen LogP contribution in [-0.4, -0.2) is 32.1 Å². The number of amidine groups is 1. The number of hydrogen-bond acceptors (Lipinski definition) is 6. The van der Waals surface area contributed by atoms with Gasteiger partial charge < -0.3 is 0 Å². The molecule has 1 amide bonds. The van der Waals surface area contributed by atoms with E-state index in [2.05, 4.69) is 31.4 Å². The number of thioether (sulfide) groups is 1. The fourth-order valence-corrected chi connectivity index (χ4v) is 4.77. The minimum atomic E-state index is -0.623. The van der Waals surface area contributed by atoms with Crippen molar-refractivity contribution in [3.05, 3.63) is 80.0 Å². The molecule has 2 aliphatic rings. The van der Waals surface area contributed by atoms with Gasteiger partial charge in [0.25, 0.3) is 5.91 Å². The topological polar surface area (TPSA) is 74.9 Å². The Balaban J connectivity index is 1.76. The van der Waals surface area contributed by atoms with Crippen LogP contribution in [0.2, 0.25) is 5.15 Å². The highest BCUT2D eigenvalue weighted by molar-refractivity contribution is 9.10. The Morgan fingerprint density at radius 3 is 2.71 bits per heavy atom. The number of carbonyl (C=O) groups is 1. The van der Waals surface area contributed by atoms with Gasteiger partial charge in [-0.1, -0.05) is 57.5 Å². The van der Waals surface area contributed by atoms with Crippen LogP contribution in [-0.2, 0) is 4.79 Å². The van der Waals surface area contributed by atoms with Crippen LogP contribution in [0.1, 0.15) is 17.4 Å². The normalized spacial score (nSPS) is 17.5. The summed E-state index contributed by atoms with van der Waals surface area (Å²) in [5.41, 5.74) is 2.69. The van der Waals surface area contributed by atoms with Gasteiger partial charge in [0, 0.05) is 9.69 Å². The van der Waals surface area contributed by atoms with Gasteiger partial charge in [-0.05, 0) is 43.5 Å². The van der Waals surface area contributed by atoms with E-state index in [-0.39, 0.29) is 5.91 Å². The summed E-state index contributed by atoms with van der Waals surface area (Å²) in [5.74, 6) is -0.233. The molecule has 156 valence electrons. The number of carbonyl (C=O) groups excluding carboxylic acids is 1. The molecule has 2 aliphatic heterocycles. The first-order valence-electron chi connectivity index (χ1n) is 9.39. The van der Waals surface area contributed by atoms with Gasteiger partial charge >= 0.3 is 0 Å². The molecular weight excluding hydrogens is 500 g/mol. The maximum Gasteiger partial charge on any atom is 0.276 e. The number of nitrogens with one attached hydrogen (secondary N) is 1. The largest absolute Gasteiger partial charge is 0.298 e. The van der Waals surface area contributed by atoms with E-state index in [4.69, 9.17) is 16.6 Å². The third-order valence-electron chi connectivity index (χ3n) is 5.07. The zero-order chi connectivity index (χ0) is 21.7. The lowest BCUT2D eigenvalue weighted by Crippen LogP contribution is -2.50. The molecule has 0 saturated heterocycles. The van der Waals surface area contributed by atoms with Crippen molar-refractivity contribution >= 4 is 56.1 Å². The minimum absolute atomic E-state index is 0.233. The summed E-state index contributed by atoms with van der Waals surface area (Å²) in [5, 5.41) is 16.1. The number of fused-ring (bicyclic) bond motifs is 2. The van der Waals surface area contributed by atoms with Crippen LogP contribution >= 0.6 is 39.3 Å². The van der Waals surface area contributed by atoms with Gasteiger partial charge in [-0.25, -0.2) is 9.69 Å². The first-order chi connectivity index (χ1) is 15.0. The molecule has 1 N–H and O–H groups in total. The number of aromatic nitrogens is 2. The number of halogens is 2. The monoisotopic (exact) mass is 514 g/mol. The van der Waals surface area contributed by atoms with Crippen molar-refractivity contribution in [2.45, 2.75) is 13.1 Å². The van der Waals surface area contributed by atoms with E-state index in [0.29, 0.717) is 32.2 Å². The van der Waals surface area contributed by atoms with Gasteiger partial charge in [0.05, 0.1) is 22.3 Å². The lowest BCUT2D eigenvalue weighted by Gasteiger charge is -2.33. The average Bonchev–Trinajstić information content (AvgIpc) is 3.07. The third-order valence-corrected chi connectivity index (χ3v) is 6.50. The van der Waals surface area contributed by atoms with E-state index in [1.54, 1.807) is 9.69 Å². The van der Waals surface area contributed by atoms with Crippen molar-refractivity contribution in [3.63, 3.8) is 0 Å². The molecular formula is C21H16BrClN6OS. The van der Waals surface area contributed by atoms with Gasteiger partial charge in [-0.2, -0.15) is 5.10 Å². The van der Waals surface area contributed by atoms with Crippen molar-refractivity contribution < 1.29 is 4.79 Å². The number of hydrogen-bond donors (Lipinski definition) is 1. The van der Waals surface area contributed by atoms with Crippen molar-refractivity contribution in [2.24, 2.45) is 10.1 Å². The summed E-state index contributed by atoms with van der Waals surface area (Å²) in [6.45, 7) is 1.89. The quantitative estimate of drug-likeness (QED) is 0.569. The van der Waals surface area contributed by atoms with Crippen LogP contribution in [0.4, 0.5) is 0 Å². The van der Waals surface area contributed by atoms with E-state index < -0.39 is 6.17 Å². The van der Waals surface area contributed by atoms with Gasteiger partial charge in [0.15, 0.2) is 11.3 Å². The van der Waals surface area contributed by atoms with Crippen LogP contribution in [0, 0.1) is 6.92 Å². The molecule has 31 heavy (non-hydrogen) atoms. The molecule has 0 aliphatic carbocycles.